The lowest BCUT2D eigenvalue weighted by Crippen LogP contribution is -2.55. The molecule has 7 heteroatoms. The van der Waals surface area contributed by atoms with E-state index in [2.05, 4.69) is 15.0 Å². The molecule has 0 aromatic carbocycles. The zero-order chi connectivity index (χ0) is 18.6. The Labute approximate surface area is 154 Å². The SMILES string of the molecule is Cc1ccn(CCC(=O)N(C)C[C@]2(O)CCCN(c3ccccn3)C2)n1. The van der Waals surface area contributed by atoms with Crippen molar-refractivity contribution in [3.8, 4) is 0 Å². The lowest BCUT2D eigenvalue weighted by atomic mass is 9.92. The van der Waals surface area contributed by atoms with Gasteiger partial charge in [0.25, 0.3) is 0 Å². The number of hydrogen-bond acceptors (Lipinski definition) is 5. The largest absolute Gasteiger partial charge is 0.386 e. The number of carbonyl (C=O) groups is 1. The zero-order valence-electron chi connectivity index (χ0n) is 15.5. The number of anilines is 1. The lowest BCUT2D eigenvalue weighted by Gasteiger charge is -2.41. The Morgan fingerprint density at radius 2 is 2.23 bits per heavy atom. The van der Waals surface area contributed by atoms with E-state index in [-0.39, 0.29) is 5.91 Å². The van der Waals surface area contributed by atoms with Crippen LogP contribution in [0.25, 0.3) is 0 Å². The molecular weight excluding hydrogens is 330 g/mol. The Bertz CT molecular complexity index is 733. The number of aliphatic hydroxyl groups is 1. The van der Waals surface area contributed by atoms with Crippen LogP contribution in [0.1, 0.15) is 25.0 Å². The predicted octanol–water partition coefficient (Wildman–Crippen LogP) is 1.47. The van der Waals surface area contributed by atoms with Gasteiger partial charge in [-0.25, -0.2) is 4.98 Å². The maximum absolute atomic E-state index is 12.4. The first-order chi connectivity index (χ1) is 12.5. The number of hydrogen-bond donors (Lipinski definition) is 1. The summed E-state index contributed by atoms with van der Waals surface area (Å²) in [4.78, 5) is 20.5. The third-order valence-electron chi connectivity index (χ3n) is 4.81. The molecule has 2 aromatic rings. The van der Waals surface area contributed by atoms with Crippen molar-refractivity contribution in [1.29, 1.82) is 0 Å². The summed E-state index contributed by atoms with van der Waals surface area (Å²) in [5.41, 5.74) is 0.0274. The van der Waals surface area contributed by atoms with Crippen LogP contribution in [0.15, 0.2) is 36.7 Å². The normalized spacial score (nSPS) is 20.2. The van der Waals surface area contributed by atoms with Crippen molar-refractivity contribution in [2.45, 2.75) is 38.3 Å². The minimum absolute atomic E-state index is 0.0153. The fraction of sp³-hybridized carbons (Fsp3) is 0.526. The highest BCUT2D eigenvalue weighted by molar-refractivity contribution is 5.75. The van der Waals surface area contributed by atoms with Gasteiger partial charge in [-0.3, -0.25) is 9.48 Å². The van der Waals surface area contributed by atoms with Gasteiger partial charge in [-0.2, -0.15) is 5.10 Å². The fourth-order valence-electron chi connectivity index (χ4n) is 3.50. The van der Waals surface area contributed by atoms with E-state index >= 15 is 0 Å². The van der Waals surface area contributed by atoms with Crippen LogP contribution in [0.4, 0.5) is 5.82 Å². The topological polar surface area (TPSA) is 74.5 Å². The summed E-state index contributed by atoms with van der Waals surface area (Å²) in [7, 11) is 1.76. The number of pyridine rings is 1. The van der Waals surface area contributed by atoms with Gasteiger partial charge in [-0.1, -0.05) is 6.07 Å². The summed E-state index contributed by atoms with van der Waals surface area (Å²) in [6.07, 6.45) is 5.57. The molecule has 1 amide bonds. The average Bonchev–Trinajstić information content (AvgIpc) is 3.05. The minimum atomic E-state index is -0.914. The molecule has 1 aliphatic heterocycles. The molecule has 3 heterocycles. The van der Waals surface area contributed by atoms with Gasteiger partial charge in [0.2, 0.25) is 5.91 Å². The van der Waals surface area contributed by atoms with Gasteiger partial charge in [0.1, 0.15) is 5.82 Å². The van der Waals surface area contributed by atoms with Crippen LogP contribution < -0.4 is 4.90 Å². The number of β-amino-alcohol motifs (C(OH)–C–C–N with tert-alkyl or cyclic N) is 1. The van der Waals surface area contributed by atoms with Crippen molar-refractivity contribution in [2.24, 2.45) is 0 Å². The van der Waals surface area contributed by atoms with Crippen molar-refractivity contribution >= 4 is 11.7 Å². The number of aromatic nitrogens is 3. The molecule has 2 aromatic heterocycles. The monoisotopic (exact) mass is 357 g/mol. The van der Waals surface area contributed by atoms with E-state index in [0.29, 0.717) is 32.5 Å². The molecule has 3 rings (SSSR count). The lowest BCUT2D eigenvalue weighted by molar-refractivity contribution is -0.133. The van der Waals surface area contributed by atoms with Gasteiger partial charge in [0, 0.05) is 45.5 Å². The van der Waals surface area contributed by atoms with Crippen LogP contribution >= 0.6 is 0 Å². The van der Waals surface area contributed by atoms with E-state index in [0.717, 1.165) is 24.5 Å². The van der Waals surface area contributed by atoms with Crippen molar-refractivity contribution in [2.75, 3.05) is 31.6 Å². The summed E-state index contributed by atoms with van der Waals surface area (Å²) in [6.45, 7) is 4.16. The van der Waals surface area contributed by atoms with Crippen molar-refractivity contribution in [3.05, 3.63) is 42.4 Å². The molecule has 0 saturated carbocycles. The molecule has 140 valence electrons. The number of piperidine rings is 1. The molecule has 26 heavy (non-hydrogen) atoms. The summed E-state index contributed by atoms with van der Waals surface area (Å²) in [6, 6.07) is 7.70. The number of aryl methyl sites for hydroxylation is 2. The van der Waals surface area contributed by atoms with Crippen LogP contribution in [0, 0.1) is 6.92 Å². The highest BCUT2D eigenvalue weighted by Crippen LogP contribution is 2.25. The fourth-order valence-corrected chi connectivity index (χ4v) is 3.50. The summed E-state index contributed by atoms with van der Waals surface area (Å²) >= 11 is 0. The van der Waals surface area contributed by atoms with Gasteiger partial charge in [0.15, 0.2) is 0 Å². The van der Waals surface area contributed by atoms with Gasteiger partial charge < -0.3 is 14.9 Å². The van der Waals surface area contributed by atoms with Gasteiger partial charge >= 0.3 is 0 Å². The van der Waals surface area contributed by atoms with Crippen LogP contribution in [0.5, 0.6) is 0 Å². The molecule has 7 nitrogen and oxygen atoms in total. The Morgan fingerprint density at radius 1 is 1.38 bits per heavy atom. The van der Waals surface area contributed by atoms with E-state index in [1.54, 1.807) is 22.8 Å². The Hall–Kier alpha value is -2.41. The molecule has 0 radical (unpaired) electrons. The third kappa shape index (κ3) is 4.60. The van der Waals surface area contributed by atoms with Crippen molar-refractivity contribution in [3.63, 3.8) is 0 Å². The quantitative estimate of drug-likeness (QED) is 0.847. The molecular formula is C19H27N5O2. The summed E-state index contributed by atoms with van der Waals surface area (Å²) in [5.74, 6) is 0.884. The highest BCUT2D eigenvalue weighted by atomic mass is 16.3. The number of carbonyl (C=O) groups excluding carboxylic acids is 1. The molecule has 1 N–H and O–H groups in total. The number of nitrogens with zero attached hydrogens (tertiary/aromatic N) is 5. The van der Waals surface area contributed by atoms with Crippen molar-refractivity contribution in [1.82, 2.24) is 19.7 Å². The molecule has 0 spiro atoms. The summed E-state index contributed by atoms with van der Waals surface area (Å²) in [5, 5.41) is 15.3. The average molecular weight is 357 g/mol. The van der Waals surface area contributed by atoms with Crippen LogP contribution in [-0.4, -0.2) is 63.0 Å². The first kappa shape index (κ1) is 18.4. The molecule has 1 fully saturated rings. The second-order valence-electron chi connectivity index (χ2n) is 7.16. The van der Waals surface area contributed by atoms with Crippen LogP contribution in [0.2, 0.25) is 0 Å². The summed E-state index contributed by atoms with van der Waals surface area (Å²) < 4.78 is 1.78. The Kier molecular flexibility index (Phi) is 5.56. The van der Waals surface area contributed by atoms with E-state index in [1.807, 2.05) is 37.4 Å². The number of amides is 1. The minimum Gasteiger partial charge on any atom is -0.386 e. The zero-order valence-corrected chi connectivity index (χ0v) is 15.5. The Balaban J connectivity index is 1.55. The molecule has 0 aliphatic carbocycles. The predicted molar refractivity (Wildman–Crippen MR) is 99.9 cm³/mol. The van der Waals surface area contributed by atoms with Crippen molar-refractivity contribution < 1.29 is 9.90 Å². The maximum atomic E-state index is 12.4. The third-order valence-corrected chi connectivity index (χ3v) is 4.81. The molecule has 0 bridgehead atoms. The second-order valence-corrected chi connectivity index (χ2v) is 7.16. The first-order valence-corrected chi connectivity index (χ1v) is 9.08. The second kappa shape index (κ2) is 7.86. The Morgan fingerprint density at radius 3 is 2.92 bits per heavy atom. The number of likely N-dealkylation sites (N-methyl/N-ethyl adjacent to an activating group) is 1. The van der Waals surface area contributed by atoms with E-state index in [4.69, 9.17) is 0 Å². The maximum Gasteiger partial charge on any atom is 0.224 e. The first-order valence-electron chi connectivity index (χ1n) is 9.08. The molecule has 1 atom stereocenters. The van der Waals surface area contributed by atoms with E-state index < -0.39 is 5.60 Å². The van der Waals surface area contributed by atoms with E-state index in [9.17, 15) is 9.90 Å². The molecule has 0 unspecified atom stereocenters. The van der Waals surface area contributed by atoms with Gasteiger partial charge in [-0.05, 0) is 38.0 Å². The van der Waals surface area contributed by atoms with E-state index in [1.165, 1.54) is 0 Å². The number of rotatable bonds is 6. The van der Waals surface area contributed by atoms with Crippen LogP contribution in [-0.2, 0) is 11.3 Å². The van der Waals surface area contributed by atoms with Crippen LogP contribution in [0.3, 0.4) is 0 Å². The van der Waals surface area contributed by atoms with Gasteiger partial charge in [-0.15, -0.1) is 0 Å². The molecule has 1 saturated heterocycles. The smallest absolute Gasteiger partial charge is 0.224 e. The highest BCUT2D eigenvalue weighted by Gasteiger charge is 2.35. The van der Waals surface area contributed by atoms with Gasteiger partial charge in [0.05, 0.1) is 17.8 Å². The standard InChI is InChI=1S/C19H27N5O2/c1-16-7-12-24(21-16)13-8-18(25)22(2)14-19(26)9-5-11-23(15-19)17-6-3-4-10-20-17/h3-4,6-7,10,12,26H,5,8-9,11,13-15H2,1-2H3/t19-/m1/s1. The molecule has 1 aliphatic rings.